The highest BCUT2D eigenvalue weighted by Gasteiger charge is 2.15. The maximum absolute atomic E-state index is 4.25. The molecule has 1 aliphatic carbocycles. The number of hydrogen-bond donors (Lipinski definition) is 1. The first-order chi connectivity index (χ1) is 10.3. The number of aromatic nitrogens is 3. The van der Waals surface area contributed by atoms with Crippen LogP contribution in [0.15, 0.2) is 30.6 Å². The van der Waals surface area contributed by atoms with Crippen molar-refractivity contribution in [3.05, 3.63) is 36.2 Å². The zero-order valence-corrected chi connectivity index (χ0v) is 13.3. The van der Waals surface area contributed by atoms with Crippen LogP contribution in [0, 0.1) is 6.92 Å². The maximum atomic E-state index is 4.25. The predicted molar refractivity (Wildman–Crippen MR) is 87.9 cm³/mol. The molecular formula is C17H26N4. The van der Waals surface area contributed by atoms with Crippen molar-refractivity contribution in [3.63, 3.8) is 0 Å². The molecule has 0 amide bonds. The minimum absolute atomic E-state index is 0.589. The molecule has 0 unspecified atom stereocenters. The number of anilines is 1. The minimum Gasteiger partial charge on any atom is -0.381 e. The van der Waals surface area contributed by atoms with Gasteiger partial charge in [0.15, 0.2) is 0 Å². The zero-order valence-electron chi connectivity index (χ0n) is 13.3. The van der Waals surface area contributed by atoms with Crippen LogP contribution in [0.5, 0.6) is 0 Å². The standard InChI is InChI=1S/C15H20N4.C2H6/c1-12-7-8-14(18-13-5-3-2-4-6-13)15(11-12)19-16-9-10-17-19;1-2/h7-11,13,18H,2-6H2,1H3;1-2H3. The summed E-state index contributed by atoms with van der Waals surface area (Å²) in [5, 5.41) is 12.2. The normalized spacial score (nSPS) is 15.2. The van der Waals surface area contributed by atoms with E-state index in [1.807, 2.05) is 13.8 Å². The van der Waals surface area contributed by atoms with Gasteiger partial charge in [-0.3, -0.25) is 0 Å². The van der Waals surface area contributed by atoms with Gasteiger partial charge >= 0.3 is 0 Å². The third-order valence-corrected chi connectivity index (χ3v) is 3.75. The molecule has 4 heteroatoms. The van der Waals surface area contributed by atoms with Crippen molar-refractivity contribution in [1.29, 1.82) is 0 Å². The Bertz CT molecular complexity index is 528. The van der Waals surface area contributed by atoms with Gasteiger partial charge in [0.2, 0.25) is 0 Å². The van der Waals surface area contributed by atoms with E-state index in [0.717, 1.165) is 11.4 Å². The fraction of sp³-hybridized carbons (Fsp3) is 0.529. The first kappa shape index (κ1) is 15.5. The molecule has 1 fully saturated rings. The highest BCUT2D eigenvalue weighted by Crippen LogP contribution is 2.26. The largest absolute Gasteiger partial charge is 0.381 e. The Morgan fingerprint density at radius 1 is 1.05 bits per heavy atom. The second-order valence-corrected chi connectivity index (χ2v) is 5.32. The molecule has 2 aromatic rings. The van der Waals surface area contributed by atoms with Crippen LogP contribution in [0.4, 0.5) is 5.69 Å². The number of rotatable bonds is 3. The summed E-state index contributed by atoms with van der Waals surface area (Å²) in [7, 11) is 0. The molecule has 3 rings (SSSR count). The van der Waals surface area contributed by atoms with E-state index in [1.54, 1.807) is 17.2 Å². The molecule has 1 saturated carbocycles. The average Bonchev–Trinajstić information content (AvgIpc) is 3.06. The average molecular weight is 286 g/mol. The monoisotopic (exact) mass is 286 g/mol. The zero-order chi connectivity index (χ0) is 15.1. The number of hydrogen-bond acceptors (Lipinski definition) is 3. The van der Waals surface area contributed by atoms with E-state index < -0.39 is 0 Å². The van der Waals surface area contributed by atoms with Crippen LogP contribution >= 0.6 is 0 Å². The lowest BCUT2D eigenvalue weighted by molar-refractivity contribution is 0.462. The molecule has 114 valence electrons. The van der Waals surface area contributed by atoms with Gasteiger partial charge in [0.25, 0.3) is 0 Å². The molecule has 0 spiro atoms. The van der Waals surface area contributed by atoms with Crippen molar-refractivity contribution >= 4 is 5.69 Å². The van der Waals surface area contributed by atoms with E-state index in [2.05, 4.69) is 40.6 Å². The Balaban J connectivity index is 0.000000774. The Morgan fingerprint density at radius 3 is 2.38 bits per heavy atom. The molecule has 21 heavy (non-hydrogen) atoms. The third-order valence-electron chi connectivity index (χ3n) is 3.75. The quantitative estimate of drug-likeness (QED) is 0.912. The molecule has 1 N–H and O–H groups in total. The van der Waals surface area contributed by atoms with E-state index in [9.17, 15) is 0 Å². The first-order valence-electron chi connectivity index (χ1n) is 8.07. The summed E-state index contributed by atoms with van der Waals surface area (Å²) in [5.74, 6) is 0. The topological polar surface area (TPSA) is 42.7 Å². The number of benzene rings is 1. The highest BCUT2D eigenvalue weighted by molar-refractivity contribution is 5.61. The van der Waals surface area contributed by atoms with Crippen LogP contribution in [-0.4, -0.2) is 21.0 Å². The number of nitrogens with zero attached hydrogens (tertiary/aromatic N) is 3. The molecule has 0 atom stereocenters. The maximum Gasteiger partial charge on any atom is 0.109 e. The predicted octanol–water partition coefficient (Wildman–Crippen LogP) is 4.35. The summed E-state index contributed by atoms with van der Waals surface area (Å²) < 4.78 is 0. The highest BCUT2D eigenvalue weighted by atomic mass is 15.5. The van der Waals surface area contributed by atoms with E-state index in [0.29, 0.717) is 6.04 Å². The van der Waals surface area contributed by atoms with Crippen molar-refractivity contribution in [3.8, 4) is 5.69 Å². The molecule has 1 heterocycles. The van der Waals surface area contributed by atoms with Gasteiger partial charge in [-0.25, -0.2) is 0 Å². The molecule has 0 aliphatic heterocycles. The van der Waals surface area contributed by atoms with Gasteiger partial charge in [0.1, 0.15) is 5.69 Å². The SMILES string of the molecule is CC.Cc1ccc(NC2CCCCC2)c(-n2nccn2)c1. The lowest BCUT2D eigenvalue weighted by Gasteiger charge is -2.25. The van der Waals surface area contributed by atoms with Gasteiger partial charge in [-0.05, 0) is 37.5 Å². The Labute approximate surface area is 127 Å². The van der Waals surface area contributed by atoms with Crippen molar-refractivity contribution in [1.82, 2.24) is 15.0 Å². The van der Waals surface area contributed by atoms with E-state index in [1.165, 1.54) is 37.7 Å². The second kappa shape index (κ2) is 7.81. The summed E-state index contributed by atoms with van der Waals surface area (Å²) in [4.78, 5) is 1.69. The van der Waals surface area contributed by atoms with Crippen molar-refractivity contribution in [2.75, 3.05) is 5.32 Å². The third kappa shape index (κ3) is 4.06. The van der Waals surface area contributed by atoms with Crippen LogP contribution in [0.2, 0.25) is 0 Å². The smallest absolute Gasteiger partial charge is 0.109 e. The minimum atomic E-state index is 0.589. The Kier molecular flexibility index (Phi) is 5.78. The molecule has 0 radical (unpaired) electrons. The van der Waals surface area contributed by atoms with Gasteiger partial charge in [-0.2, -0.15) is 10.2 Å². The Morgan fingerprint density at radius 2 is 1.71 bits per heavy atom. The fourth-order valence-corrected chi connectivity index (χ4v) is 2.74. The molecule has 4 nitrogen and oxygen atoms in total. The van der Waals surface area contributed by atoms with Gasteiger partial charge < -0.3 is 5.32 Å². The lowest BCUT2D eigenvalue weighted by Crippen LogP contribution is -2.23. The summed E-state index contributed by atoms with van der Waals surface area (Å²) in [6.07, 6.45) is 10.00. The Hall–Kier alpha value is -1.84. The molecule has 0 bridgehead atoms. The van der Waals surface area contributed by atoms with Crippen LogP contribution in [0.25, 0.3) is 5.69 Å². The molecular weight excluding hydrogens is 260 g/mol. The van der Waals surface area contributed by atoms with Gasteiger partial charge in [0.05, 0.1) is 18.1 Å². The van der Waals surface area contributed by atoms with Crippen molar-refractivity contribution < 1.29 is 0 Å². The first-order valence-corrected chi connectivity index (χ1v) is 8.07. The second-order valence-electron chi connectivity index (χ2n) is 5.32. The van der Waals surface area contributed by atoms with E-state index in [4.69, 9.17) is 0 Å². The van der Waals surface area contributed by atoms with Gasteiger partial charge in [-0.1, -0.05) is 39.2 Å². The number of aryl methyl sites for hydroxylation is 1. The molecule has 1 aliphatic rings. The summed E-state index contributed by atoms with van der Waals surface area (Å²) in [6.45, 7) is 6.09. The van der Waals surface area contributed by atoms with Crippen molar-refractivity contribution in [2.24, 2.45) is 0 Å². The fourth-order valence-electron chi connectivity index (χ4n) is 2.74. The van der Waals surface area contributed by atoms with E-state index in [-0.39, 0.29) is 0 Å². The molecule has 0 saturated heterocycles. The summed E-state index contributed by atoms with van der Waals surface area (Å²) >= 11 is 0. The summed E-state index contributed by atoms with van der Waals surface area (Å²) in [5.41, 5.74) is 3.39. The lowest BCUT2D eigenvalue weighted by atomic mass is 9.95. The van der Waals surface area contributed by atoms with Crippen LogP contribution in [-0.2, 0) is 0 Å². The summed E-state index contributed by atoms with van der Waals surface area (Å²) in [6, 6.07) is 7.00. The molecule has 1 aromatic carbocycles. The van der Waals surface area contributed by atoms with Gasteiger partial charge in [0, 0.05) is 6.04 Å². The van der Waals surface area contributed by atoms with Crippen molar-refractivity contribution in [2.45, 2.75) is 58.9 Å². The van der Waals surface area contributed by atoms with Crippen LogP contribution < -0.4 is 5.32 Å². The van der Waals surface area contributed by atoms with E-state index >= 15 is 0 Å². The molecule has 1 aromatic heterocycles. The van der Waals surface area contributed by atoms with Crippen LogP contribution in [0.1, 0.15) is 51.5 Å². The van der Waals surface area contributed by atoms with Gasteiger partial charge in [-0.15, -0.1) is 4.80 Å². The number of nitrogens with one attached hydrogen (secondary N) is 1. The van der Waals surface area contributed by atoms with Crippen LogP contribution in [0.3, 0.4) is 0 Å².